The van der Waals surface area contributed by atoms with Crippen molar-refractivity contribution in [1.82, 2.24) is 5.32 Å². The smallest absolute Gasteiger partial charge is 0.251 e. The first-order valence-electron chi connectivity index (χ1n) is 7.05. The normalized spacial score (nSPS) is 10.1. The van der Waals surface area contributed by atoms with E-state index >= 15 is 0 Å². The molecule has 0 spiro atoms. The molecule has 0 aliphatic rings. The number of nitrogen functional groups attached to an aromatic ring is 1. The third-order valence-electron chi connectivity index (χ3n) is 3.10. The standard InChI is InChI=1S/C17H20N2O2/c1-2-19-17(20)14-8-9-16(15(18)12-14)21-11-10-13-6-4-3-5-7-13/h3-9,12H,2,10-11,18H2,1H3,(H,19,20). The van der Waals surface area contributed by atoms with Crippen molar-refractivity contribution in [2.75, 3.05) is 18.9 Å². The van der Waals surface area contributed by atoms with Crippen LogP contribution < -0.4 is 15.8 Å². The van der Waals surface area contributed by atoms with Gasteiger partial charge in [0.1, 0.15) is 5.75 Å². The van der Waals surface area contributed by atoms with E-state index in [1.54, 1.807) is 18.2 Å². The quantitative estimate of drug-likeness (QED) is 0.801. The zero-order valence-electron chi connectivity index (χ0n) is 12.1. The van der Waals surface area contributed by atoms with Crippen LogP contribution in [0.15, 0.2) is 48.5 Å². The Bertz CT molecular complexity index is 597. The van der Waals surface area contributed by atoms with Gasteiger partial charge in [-0.1, -0.05) is 30.3 Å². The predicted octanol–water partition coefficient (Wildman–Crippen LogP) is 2.64. The van der Waals surface area contributed by atoms with Gasteiger partial charge in [0, 0.05) is 18.5 Å². The molecule has 2 aromatic carbocycles. The van der Waals surface area contributed by atoms with Gasteiger partial charge in [-0.3, -0.25) is 4.79 Å². The Kier molecular flexibility index (Phi) is 5.21. The summed E-state index contributed by atoms with van der Waals surface area (Å²) in [6.45, 7) is 3.02. The molecule has 0 saturated heterocycles. The van der Waals surface area contributed by atoms with Crippen molar-refractivity contribution in [2.45, 2.75) is 13.3 Å². The highest BCUT2D eigenvalue weighted by molar-refractivity contribution is 5.95. The minimum Gasteiger partial charge on any atom is -0.491 e. The van der Waals surface area contributed by atoms with Crippen LogP contribution in [0.2, 0.25) is 0 Å². The SMILES string of the molecule is CCNC(=O)c1ccc(OCCc2ccccc2)c(N)c1. The maximum atomic E-state index is 11.7. The molecular weight excluding hydrogens is 264 g/mol. The zero-order chi connectivity index (χ0) is 15.1. The predicted molar refractivity (Wildman–Crippen MR) is 84.5 cm³/mol. The second kappa shape index (κ2) is 7.33. The maximum absolute atomic E-state index is 11.7. The Morgan fingerprint density at radius 1 is 1.19 bits per heavy atom. The molecule has 2 rings (SSSR count). The molecule has 0 unspecified atom stereocenters. The number of carbonyl (C=O) groups excluding carboxylic acids is 1. The van der Waals surface area contributed by atoms with Crippen molar-refractivity contribution < 1.29 is 9.53 Å². The number of rotatable bonds is 6. The van der Waals surface area contributed by atoms with Gasteiger partial charge in [-0.15, -0.1) is 0 Å². The summed E-state index contributed by atoms with van der Waals surface area (Å²) in [4.78, 5) is 11.7. The van der Waals surface area contributed by atoms with E-state index in [0.717, 1.165) is 6.42 Å². The van der Waals surface area contributed by atoms with Crippen LogP contribution >= 0.6 is 0 Å². The largest absolute Gasteiger partial charge is 0.491 e. The molecule has 3 N–H and O–H groups in total. The van der Waals surface area contributed by atoms with Crippen molar-refractivity contribution in [1.29, 1.82) is 0 Å². The lowest BCUT2D eigenvalue weighted by Crippen LogP contribution is -2.22. The van der Waals surface area contributed by atoms with E-state index in [2.05, 4.69) is 17.4 Å². The number of anilines is 1. The third kappa shape index (κ3) is 4.24. The Labute approximate surface area is 124 Å². The summed E-state index contributed by atoms with van der Waals surface area (Å²) in [5, 5.41) is 2.74. The second-order valence-electron chi connectivity index (χ2n) is 4.70. The van der Waals surface area contributed by atoms with Crippen LogP contribution in [0.3, 0.4) is 0 Å². The molecule has 0 aliphatic heterocycles. The fraction of sp³-hybridized carbons (Fsp3) is 0.235. The summed E-state index contributed by atoms with van der Waals surface area (Å²) in [6, 6.07) is 15.2. The van der Waals surface area contributed by atoms with Crippen LogP contribution in [0.5, 0.6) is 5.75 Å². The molecule has 0 fully saturated rings. The minimum absolute atomic E-state index is 0.125. The van der Waals surface area contributed by atoms with Gasteiger partial charge in [-0.2, -0.15) is 0 Å². The molecule has 0 bridgehead atoms. The topological polar surface area (TPSA) is 64.3 Å². The summed E-state index contributed by atoms with van der Waals surface area (Å²) < 4.78 is 5.68. The van der Waals surface area contributed by atoms with Gasteiger partial charge in [0.15, 0.2) is 0 Å². The van der Waals surface area contributed by atoms with Crippen molar-refractivity contribution in [3.8, 4) is 5.75 Å². The molecule has 1 amide bonds. The Hall–Kier alpha value is -2.49. The van der Waals surface area contributed by atoms with Crippen molar-refractivity contribution in [3.63, 3.8) is 0 Å². The van der Waals surface area contributed by atoms with Crippen LogP contribution in [0.25, 0.3) is 0 Å². The molecular formula is C17H20N2O2. The van der Waals surface area contributed by atoms with E-state index < -0.39 is 0 Å². The molecule has 2 aromatic rings. The molecule has 0 heterocycles. The van der Waals surface area contributed by atoms with E-state index in [9.17, 15) is 4.79 Å². The number of ether oxygens (including phenoxy) is 1. The fourth-order valence-corrected chi connectivity index (χ4v) is 2.01. The lowest BCUT2D eigenvalue weighted by Gasteiger charge is -2.10. The van der Waals surface area contributed by atoms with E-state index in [-0.39, 0.29) is 5.91 Å². The molecule has 110 valence electrons. The third-order valence-corrected chi connectivity index (χ3v) is 3.10. The number of hydrogen-bond acceptors (Lipinski definition) is 3. The summed E-state index contributed by atoms with van der Waals surface area (Å²) in [5.74, 6) is 0.485. The number of amides is 1. The van der Waals surface area contributed by atoms with Gasteiger partial charge < -0.3 is 15.8 Å². The summed E-state index contributed by atoms with van der Waals surface area (Å²) >= 11 is 0. The molecule has 0 aromatic heterocycles. The molecule has 4 heteroatoms. The van der Waals surface area contributed by atoms with Crippen molar-refractivity contribution in [3.05, 3.63) is 59.7 Å². The van der Waals surface area contributed by atoms with Crippen LogP contribution in [0, 0.1) is 0 Å². The Balaban J connectivity index is 1.93. The molecule has 0 radical (unpaired) electrons. The monoisotopic (exact) mass is 284 g/mol. The number of carbonyl (C=O) groups is 1. The number of hydrogen-bond donors (Lipinski definition) is 2. The van der Waals surface area contributed by atoms with Crippen molar-refractivity contribution >= 4 is 11.6 Å². The van der Waals surface area contributed by atoms with Gasteiger partial charge in [0.25, 0.3) is 5.91 Å². The van der Waals surface area contributed by atoms with Crippen LogP contribution in [-0.2, 0) is 6.42 Å². The Morgan fingerprint density at radius 2 is 1.95 bits per heavy atom. The van der Waals surface area contributed by atoms with Gasteiger partial charge in [-0.25, -0.2) is 0 Å². The van der Waals surface area contributed by atoms with Crippen LogP contribution in [0.1, 0.15) is 22.8 Å². The second-order valence-corrected chi connectivity index (χ2v) is 4.70. The van der Waals surface area contributed by atoms with E-state index in [1.165, 1.54) is 5.56 Å². The highest BCUT2D eigenvalue weighted by atomic mass is 16.5. The van der Waals surface area contributed by atoms with E-state index in [1.807, 2.05) is 25.1 Å². The number of nitrogens with two attached hydrogens (primary N) is 1. The Morgan fingerprint density at radius 3 is 2.62 bits per heavy atom. The van der Waals surface area contributed by atoms with Crippen molar-refractivity contribution in [2.24, 2.45) is 0 Å². The summed E-state index contributed by atoms with van der Waals surface area (Å²) in [6.07, 6.45) is 0.818. The summed E-state index contributed by atoms with van der Waals surface area (Å²) in [7, 11) is 0. The minimum atomic E-state index is -0.125. The highest BCUT2D eigenvalue weighted by Gasteiger charge is 2.08. The van der Waals surface area contributed by atoms with E-state index in [0.29, 0.717) is 30.2 Å². The molecule has 0 aliphatic carbocycles. The molecule has 4 nitrogen and oxygen atoms in total. The maximum Gasteiger partial charge on any atom is 0.251 e. The molecule has 0 atom stereocenters. The van der Waals surface area contributed by atoms with E-state index in [4.69, 9.17) is 10.5 Å². The highest BCUT2D eigenvalue weighted by Crippen LogP contribution is 2.22. The number of benzene rings is 2. The van der Waals surface area contributed by atoms with Gasteiger partial charge in [0.05, 0.1) is 12.3 Å². The van der Waals surface area contributed by atoms with Crippen LogP contribution in [0.4, 0.5) is 5.69 Å². The molecule has 21 heavy (non-hydrogen) atoms. The summed E-state index contributed by atoms with van der Waals surface area (Å²) in [5.41, 5.74) is 8.17. The van der Waals surface area contributed by atoms with Gasteiger partial charge in [-0.05, 0) is 30.7 Å². The fourth-order valence-electron chi connectivity index (χ4n) is 2.01. The zero-order valence-corrected chi connectivity index (χ0v) is 12.1. The first kappa shape index (κ1) is 14.9. The average Bonchev–Trinajstić information content (AvgIpc) is 2.50. The number of nitrogens with one attached hydrogen (secondary N) is 1. The van der Waals surface area contributed by atoms with Gasteiger partial charge in [0.2, 0.25) is 0 Å². The van der Waals surface area contributed by atoms with Gasteiger partial charge >= 0.3 is 0 Å². The lowest BCUT2D eigenvalue weighted by molar-refractivity contribution is 0.0956. The first-order valence-corrected chi connectivity index (χ1v) is 7.05. The first-order chi connectivity index (χ1) is 10.2. The van der Waals surface area contributed by atoms with Crippen LogP contribution in [-0.4, -0.2) is 19.1 Å². The average molecular weight is 284 g/mol. The lowest BCUT2D eigenvalue weighted by atomic mass is 10.1. The molecule has 0 saturated carbocycles.